The molecule has 0 aliphatic carbocycles. The van der Waals surface area contributed by atoms with Crippen molar-refractivity contribution in [3.8, 4) is 11.3 Å². The maximum absolute atomic E-state index is 13.2. The summed E-state index contributed by atoms with van der Waals surface area (Å²) in [4.78, 5) is 13.9. The quantitative estimate of drug-likeness (QED) is 0.704. The third-order valence-corrected chi connectivity index (χ3v) is 3.77. The van der Waals surface area contributed by atoms with Crippen LogP contribution in [0.1, 0.15) is 16.1 Å². The highest BCUT2D eigenvalue weighted by Crippen LogP contribution is 2.23. The molecule has 2 aromatic carbocycles. The molecule has 0 fully saturated rings. The number of amides is 1. The van der Waals surface area contributed by atoms with Crippen molar-refractivity contribution >= 4 is 17.5 Å². The maximum Gasteiger partial charge on any atom is 0.276 e. The summed E-state index contributed by atoms with van der Waals surface area (Å²) in [7, 11) is 1.63. The van der Waals surface area contributed by atoms with Crippen LogP contribution in [0.25, 0.3) is 11.3 Å². The van der Waals surface area contributed by atoms with Gasteiger partial charge < -0.3 is 9.42 Å². The molecule has 0 aliphatic rings. The molecule has 0 saturated heterocycles. The molecule has 3 aromatic rings. The van der Waals surface area contributed by atoms with Crippen LogP contribution in [0.3, 0.4) is 0 Å². The zero-order valence-corrected chi connectivity index (χ0v) is 13.6. The first-order valence-electron chi connectivity index (χ1n) is 7.25. The van der Waals surface area contributed by atoms with Gasteiger partial charge in [-0.15, -0.1) is 0 Å². The van der Waals surface area contributed by atoms with E-state index < -0.39 is 0 Å². The average Bonchev–Trinajstić information content (AvgIpc) is 3.04. The van der Waals surface area contributed by atoms with Crippen LogP contribution >= 0.6 is 11.6 Å². The van der Waals surface area contributed by atoms with Crippen molar-refractivity contribution in [2.24, 2.45) is 0 Å². The third-order valence-electron chi connectivity index (χ3n) is 3.51. The van der Waals surface area contributed by atoms with E-state index in [1.165, 1.54) is 17.0 Å². The molecule has 3 rings (SSSR count). The maximum atomic E-state index is 13.2. The molecule has 24 heavy (non-hydrogen) atoms. The first-order chi connectivity index (χ1) is 11.5. The fraction of sp³-hybridized carbons (Fsp3) is 0.111. The molecule has 6 heteroatoms. The van der Waals surface area contributed by atoms with E-state index in [1.807, 2.05) is 0 Å². The van der Waals surface area contributed by atoms with Gasteiger partial charge in [0.2, 0.25) is 0 Å². The molecule has 1 amide bonds. The molecular formula is C18H14ClFN2O2. The molecule has 0 bridgehead atoms. The molecule has 0 radical (unpaired) electrons. The van der Waals surface area contributed by atoms with Crippen molar-refractivity contribution in [1.82, 2.24) is 10.1 Å². The van der Waals surface area contributed by atoms with Gasteiger partial charge in [-0.05, 0) is 42.0 Å². The summed E-state index contributed by atoms with van der Waals surface area (Å²) in [6.45, 7) is 0.278. The van der Waals surface area contributed by atoms with Crippen LogP contribution in [0.4, 0.5) is 4.39 Å². The van der Waals surface area contributed by atoms with Crippen LogP contribution in [-0.4, -0.2) is 23.0 Å². The van der Waals surface area contributed by atoms with E-state index >= 15 is 0 Å². The van der Waals surface area contributed by atoms with E-state index in [0.29, 0.717) is 16.3 Å². The first-order valence-corrected chi connectivity index (χ1v) is 7.63. The molecule has 0 aliphatic heterocycles. The number of hydrogen-bond donors (Lipinski definition) is 0. The Hall–Kier alpha value is -2.66. The predicted molar refractivity (Wildman–Crippen MR) is 89.1 cm³/mol. The van der Waals surface area contributed by atoms with Gasteiger partial charge in [0.15, 0.2) is 11.5 Å². The number of carbonyl (C=O) groups excluding carboxylic acids is 1. The number of aromatic nitrogens is 1. The summed E-state index contributed by atoms with van der Waals surface area (Å²) < 4.78 is 18.5. The van der Waals surface area contributed by atoms with Gasteiger partial charge >= 0.3 is 0 Å². The zero-order valence-electron chi connectivity index (χ0n) is 12.9. The zero-order chi connectivity index (χ0) is 17.1. The summed E-state index contributed by atoms with van der Waals surface area (Å²) >= 11 is 5.85. The van der Waals surface area contributed by atoms with Gasteiger partial charge in [-0.25, -0.2) is 4.39 Å². The van der Waals surface area contributed by atoms with E-state index in [9.17, 15) is 9.18 Å². The highest BCUT2D eigenvalue weighted by Gasteiger charge is 2.18. The lowest BCUT2D eigenvalue weighted by atomic mass is 10.1. The Kier molecular flexibility index (Phi) is 4.62. The molecule has 0 N–H and O–H groups in total. The molecule has 122 valence electrons. The van der Waals surface area contributed by atoms with Crippen LogP contribution in [0, 0.1) is 5.82 Å². The second-order valence-electron chi connectivity index (χ2n) is 5.37. The van der Waals surface area contributed by atoms with Crippen molar-refractivity contribution < 1.29 is 13.7 Å². The van der Waals surface area contributed by atoms with Gasteiger partial charge in [-0.1, -0.05) is 28.9 Å². The largest absolute Gasteiger partial charge is 0.355 e. The molecular weight excluding hydrogens is 331 g/mol. The van der Waals surface area contributed by atoms with E-state index in [4.69, 9.17) is 16.1 Å². The Balaban J connectivity index is 1.74. The van der Waals surface area contributed by atoms with Gasteiger partial charge in [0, 0.05) is 30.2 Å². The van der Waals surface area contributed by atoms with Crippen LogP contribution < -0.4 is 0 Å². The van der Waals surface area contributed by atoms with Crippen LogP contribution in [-0.2, 0) is 6.54 Å². The molecule has 0 atom stereocenters. The van der Waals surface area contributed by atoms with E-state index in [2.05, 4.69) is 5.16 Å². The van der Waals surface area contributed by atoms with Crippen molar-refractivity contribution in [2.45, 2.75) is 6.54 Å². The number of rotatable bonds is 4. The van der Waals surface area contributed by atoms with Gasteiger partial charge in [-0.2, -0.15) is 0 Å². The second-order valence-corrected chi connectivity index (χ2v) is 5.81. The van der Waals surface area contributed by atoms with Crippen LogP contribution in [0.2, 0.25) is 5.02 Å². The van der Waals surface area contributed by atoms with Crippen LogP contribution in [0.15, 0.2) is 59.1 Å². The Morgan fingerprint density at radius 1 is 1.21 bits per heavy atom. The Morgan fingerprint density at radius 3 is 2.67 bits per heavy atom. The number of benzene rings is 2. The molecule has 0 unspecified atom stereocenters. The third kappa shape index (κ3) is 3.63. The van der Waals surface area contributed by atoms with Crippen molar-refractivity contribution in [1.29, 1.82) is 0 Å². The Bertz CT molecular complexity index is 861. The normalized spacial score (nSPS) is 10.6. The van der Waals surface area contributed by atoms with Gasteiger partial charge in [-0.3, -0.25) is 4.79 Å². The highest BCUT2D eigenvalue weighted by molar-refractivity contribution is 6.30. The van der Waals surface area contributed by atoms with Crippen molar-refractivity contribution in [2.75, 3.05) is 7.05 Å². The summed E-state index contributed by atoms with van der Waals surface area (Å²) in [6, 6.07) is 14.7. The van der Waals surface area contributed by atoms with Crippen molar-refractivity contribution in [3.63, 3.8) is 0 Å². The SMILES string of the molecule is CN(Cc1cccc(F)c1)C(=O)c1cc(-c2ccc(Cl)cc2)on1. The highest BCUT2D eigenvalue weighted by atomic mass is 35.5. The fourth-order valence-corrected chi connectivity index (χ4v) is 2.43. The monoisotopic (exact) mass is 344 g/mol. The molecule has 1 heterocycles. The minimum atomic E-state index is -0.334. The molecule has 0 saturated carbocycles. The smallest absolute Gasteiger partial charge is 0.276 e. The lowest BCUT2D eigenvalue weighted by molar-refractivity contribution is 0.0774. The predicted octanol–water partition coefficient (Wildman–Crippen LogP) is 4.41. The molecule has 4 nitrogen and oxygen atoms in total. The van der Waals surface area contributed by atoms with Gasteiger partial charge in [0.1, 0.15) is 5.82 Å². The van der Waals surface area contributed by atoms with Crippen molar-refractivity contribution in [3.05, 3.63) is 76.7 Å². The average molecular weight is 345 g/mol. The van der Waals surface area contributed by atoms with E-state index in [0.717, 1.165) is 5.56 Å². The number of carbonyl (C=O) groups is 1. The summed E-state index contributed by atoms with van der Waals surface area (Å²) in [5.41, 5.74) is 1.67. The second kappa shape index (κ2) is 6.84. The summed E-state index contributed by atoms with van der Waals surface area (Å²) in [5, 5.41) is 4.44. The number of nitrogens with zero attached hydrogens (tertiary/aromatic N) is 2. The van der Waals surface area contributed by atoms with E-state index in [-0.39, 0.29) is 24.0 Å². The van der Waals surface area contributed by atoms with Gasteiger partial charge in [0.25, 0.3) is 5.91 Å². The van der Waals surface area contributed by atoms with Crippen LogP contribution in [0.5, 0.6) is 0 Å². The molecule has 1 aromatic heterocycles. The standard InChI is InChI=1S/C18H14ClFN2O2/c1-22(11-12-3-2-4-15(20)9-12)18(23)16-10-17(24-21-16)13-5-7-14(19)8-6-13/h2-10H,11H2,1H3. The number of halogens is 2. The summed E-state index contributed by atoms with van der Waals surface area (Å²) in [5.74, 6) is -0.155. The Labute approximate surface area is 143 Å². The summed E-state index contributed by atoms with van der Waals surface area (Å²) in [6.07, 6.45) is 0. The minimum absolute atomic E-state index is 0.193. The fourth-order valence-electron chi connectivity index (χ4n) is 2.30. The first kappa shape index (κ1) is 16.2. The lowest BCUT2D eigenvalue weighted by Gasteiger charge is -2.15. The van der Waals surface area contributed by atoms with E-state index in [1.54, 1.807) is 49.5 Å². The number of hydrogen-bond acceptors (Lipinski definition) is 3. The van der Waals surface area contributed by atoms with Gasteiger partial charge in [0.05, 0.1) is 0 Å². The Morgan fingerprint density at radius 2 is 1.96 bits per heavy atom. The lowest BCUT2D eigenvalue weighted by Crippen LogP contribution is -2.26. The minimum Gasteiger partial charge on any atom is -0.355 e. The topological polar surface area (TPSA) is 46.3 Å². The molecule has 0 spiro atoms.